The van der Waals surface area contributed by atoms with E-state index < -0.39 is 4.92 Å². The summed E-state index contributed by atoms with van der Waals surface area (Å²) in [6.07, 6.45) is 3.62. The van der Waals surface area contributed by atoms with Gasteiger partial charge in [-0.05, 0) is 51.7 Å². The van der Waals surface area contributed by atoms with Crippen molar-refractivity contribution in [1.82, 2.24) is 4.98 Å². The van der Waals surface area contributed by atoms with Crippen molar-refractivity contribution in [3.63, 3.8) is 0 Å². The van der Waals surface area contributed by atoms with Crippen LogP contribution in [0, 0.1) is 15.5 Å². The summed E-state index contributed by atoms with van der Waals surface area (Å²) in [4.78, 5) is 16.9. The Kier molecular flexibility index (Phi) is 3.41. The zero-order valence-corrected chi connectivity index (χ0v) is 12.8. The maximum absolute atomic E-state index is 11.2. The van der Waals surface area contributed by atoms with Crippen LogP contribution in [0.4, 0.5) is 11.5 Å². The minimum absolute atomic E-state index is 0.0719. The Balaban J connectivity index is 1.99. The average Bonchev–Trinajstić information content (AvgIpc) is 2.36. The van der Waals surface area contributed by atoms with Gasteiger partial charge in [-0.15, -0.1) is 0 Å². The van der Waals surface area contributed by atoms with Gasteiger partial charge in [0, 0.05) is 18.0 Å². The number of hydrogen-bond acceptors (Lipinski definition) is 5. The number of hydrogen-bond donors (Lipinski definition) is 0. The van der Waals surface area contributed by atoms with E-state index in [1.165, 1.54) is 6.20 Å². The highest BCUT2D eigenvalue weighted by atomic mass is 79.9. The van der Waals surface area contributed by atoms with Crippen molar-refractivity contribution in [2.24, 2.45) is 5.41 Å². The van der Waals surface area contributed by atoms with Crippen LogP contribution in [0.1, 0.15) is 19.8 Å². The van der Waals surface area contributed by atoms with Crippen LogP contribution in [-0.2, 0) is 4.74 Å². The van der Waals surface area contributed by atoms with E-state index in [4.69, 9.17) is 4.74 Å². The monoisotopic (exact) mass is 341 g/mol. The van der Waals surface area contributed by atoms with E-state index in [1.54, 1.807) is 6.07 Å². The first kappa shape index (κ1) is 13.8. The Labute approximate surface area is 125 Å². The lowest BCUT2D eigenvalue weighted by Crippen LogP contribution is -2.60. The summed E-state index contributed by atoms with van der Waals surface area (Å²) in [6.45, 7) is 4.45. The lowest BCUT2D eigenvalue weighted by Gasteiger charge is -2.53. The zero-order chi connectivity index (χ0) is 14.3. The smallest absolute Gasteiger partial charge is 0.380 e. The van der Waals surface area contributed by atoms with Crippen LogP contribution >= 0.6 is 15.9 Å². The van der Waals surface area contributed by atoms with Gasteiger partial charge in [0.15, 0.2) is 6.20 Å². The minimum Gasteiger partial charge on any atom is -0.380 e. The van der Waals surface area contributed by atoms with Crippen molar-refractivity contribution >= 4 is 27.4 Å². The summed E-state index contributed by atoms with van der Waals surface area (Å²) in [5, 5.41) is 11.2. The number of rotatable bonds is 2. The van der Waals surface area contributed by atoms with E-state index in [0.717, 1.165) is 37.1 Å². The van der Waals surface area contributed by atoms with Crippen molar-refractivity contribution in [2.75, 3.05) is 24.7 Å². The van der Waals surface area contributed by atoms with Crippen LogP contribution in [0.15, 0.2) is 16.7 Å². The quantitative estimate of drug-likeness (QED) is 0.611. The summed E-state index contributed by atoms with van der Waals surface area (Å²) < 4.78 is 6.15. The summed E-state index contributed by atoms with van der Waals surface area (Å²) in [6, 6.07) is 2.01. The molecule has 3 heterocycles. The molecule has 0 saturated carbocycles. The molecule has 6 nitrogen and oxygen atoms in total. The Bertz CT molecular complexity index is 548. The molecule has 1 aromatic rings. The molecule has 108 valence electrons. The third kappa shape index (κ3) is 2.09. The molecular formula is C13H16BrN3O3. The van der Waals surface area contributed by atoms with Crippen molar-refractivity contribution in [3.05, 3.63) is 26.9 Å². The van der Waals surface area contributed by atoms with Crippen molar-refractivity contribution in [1.29, 1.82) is 0 Å². The SMILES string of the molecule is CC1N(c2cc(Br)cnc2[N+](=O)[O-])CCCC12COC2. The number of ether oxygens (including phenoxy) is 1. The molecule has 3 rings (SSSR count). The largest absolute Gasteiger partial charge is 0.387 e. The first-order chi connectivity index (χ1) is 9.53. The second-order valence-corrected chi connectivity index (χ2v) is 6.50. The third-order valence-corrected chi connectivity index (χ3v) is 4.94. The number of halogens is 1. The van der Waals surface area contributed by atoms with Gasteiger partial charge in [0.25, 0.3) is 0 Å². The molecule has 7 heteroatoms. The molecule has 2 fully saturated rings. The van der Waals surface area contributed by atoms with Gasteiger partial charge in [-0.25, -0.2) is 0 Å². The van der Waals surface area contributed by atoms with Crippen LogP contribution in [0.25, 0.3) is 0 Å². The number of aromatic nitrogens is 1. The van der Waals surface area contributed by atoms with Crippen LogP contribution in [0.2, 0.25) is 0 Å². The highest BCUT2D eigenvalue weighted by Crippen LogP contribution is 2.45. The summed E-state index contributed by atoms with van der Waals surface area (Å²) in [7, 11) is 0. The molecule has 0 bridgehead atoms. The fourth-order valence-electron chi connectivity index (χ4n) is 3.19. The Morgan fingerprint density at radius 2 is 2.35 bits per heavy atom. The van der Waals surface area contributed by atoms with Gasteiger partial charge in [0.05, 0.1) is 17.7 Å². The zero-order valence-electron chi connectivity index (χ0n) is 11.2. The Morgan fingerprint density at radius 3 is 2.95 bits per heavy atom. The predicted molar refractivity (Wildman–Crippen MR) is 77.9 cm³/mol. The summed E-state index contributed by atoms with van der Waals surface area (Å²) in [5.41, 5.74) is 0.747. The van der Waals surface area contributed by atoms with Crippen molar-refractivity contribution in [3.8, 4) is 0 Å². The highest BCUT2D eigenvalue weighted by molar-refractivity contribution is 9.10. The molecule has 20 heavy (non-hydrogen) atoms. The lowest BCUT2D eigenvalue weighted by atomic mass is 9.72. The summed E-state index contributed by atoms with van der Waals surface area (Å²) in [5.74, 6) is -0.0719. The van der Waals surface area contributed by atoms with Crippen molar-refractivity contribution < 1.29 is 9.66 Å². The first-order valence-corrected chi connectivity index (χ1v) is 7.47. The Morgan fingerprint density at radius 1 is 1.60 bits per heavy atom. The minimum atomic E-state index is -0.410. The maximum Gasteiger partial charge on any atom is 0.387 e. The number of pyridine rings is 1. The van der Waals surface area contributed by atoms with Crippen LogP contribution in [0.3, 0.4) is 0 Å². The molecule has 2 aliphatic heterocycles. The van der Waals surface area contributed by atoms with Gasteiger partial charge in [-0.1, -0.05) is 0 Å². The summed E-state index contributed by atoms with van der Waals surface area (Å²) >= 11 is 3.36. The predicted octanol–water partition coefficient (Wildman–Crippen LogP) is 2.76. The van der Waals surface area contributed by atoms with E-state index in [-0.39, 0.29) is 17.3 Å². The van der Waals surface area contributed by atoms with Gasteiger partial charge in [-0.2, -0.15) is 0 Å². The first-order valence-electron chi connectivity index (χ1n) is 6.68. The second-order valence-electron chi connectivity index (χ2n) is 5.58. The molecule has 0 aliphatic carbocycles. The molecule has 2 aliphatic rings. The van der Waals surface area contributed by atoms with Crippen LogP contribution in [-0.4, -0.2) is 35.7 Å². The van der Waals surface area contributed by atoms with E-state index in [1.807, 2.05) is 0 Å². The molecule has 0 aromatic carbocycles. The lowest BCUT2D eigenvalue weighted by molar-refractivity contribution is -0.388. The van der Waals surface area contributed by atoms with E-state index in [2.05, 4.69) is 32.7 Å². The topological polar surface area (TPSA) is 68.5 Å². The van der Waals surface area contributed by atoms with Gasteiger partial charge < -0.3 is 19.8 Å². The molecule has 1 spiro atoms. The molecule has 1 unspecified atom stereocenters. The average molecular weight is 342 g/mol. The normalized spacial score (nSPS) is 24.5. The van der Waals surface area contributed by atoms with E-state index >= 15 is 0 Å². The third-order valence-electron chi connectivity index (χ3n) is 4.50. The van der Waals surface area contributed by atoms with Gasteiger partial charge >= 0.3 is 5.82 Å². The van der Waals surface area contributed by atoms with Gasteiger partial charge in [0.1, 0.15) is 5.69 Å². The molecule has 2 saturated heterocycles. The van der Waals surface area contributed by atoms with Crippen LogP contribution in [0.5, 0.6) is 0 Å². The van der Waals surface area contributed by atoms with E-state index in [0.29, 0.717) is 5.69 Å². The molecular weight excluding hydrogens is 326 g/mol. The molecule has 1 atom stereocenters. The maximum atomic E-state index is 11.2. The van der Waals surface area contributed by atoms with Crippen molar-refractivity contribution in [2.45, 2.75) is 25.8 Å². The number of nitro groups is 1. The van der Waals surface area contributed by atoms with Crippen LogP contribution < -0.4 is 4.90 Å². The fourth-order valence-corrected chi connectivity index (χ4v) is 3.51. The molecule has 0 N–H and O–H groups in total. The van der Waals surface area contributed by atoms with Gasteiger partial charge in [0.2, 0.25) is 0 Å². The number of piperidine rings is 1. The second kappa shape index (κ2) is 4.96. The molecule has 0 amide bonds. The number of nitrogens with zero attached hydrogens (tertiary/aromatic N) is 3. The highest BCUT2D eigenvalue weighted by Gasteiger charge is 2.48. The van der Waals surface area contributed by atoms with E-state index in [9.17, 15) is 10.1 Å². The molecule has 0 radical (unpaired) electrons. The van der Waals surface area contributed by atoms with Gasteiger partial charge in [-0.3, -0.25) is 0 Å². The Hall–Kier alpha value is -1.21. The molecule has 1 aromatic heterocycles. The fraction of sp³-hybridized carbons (Fsp3) is 0.615. The standard InChI is InChI=1S/C13H16BrN3O3/c1-9-13(7-20-8-13)3-2-4-16(9)11-5-10(14)6-15-12(11)17(18)19/h5-6,9H,2-4,7-8H2,1H3. The number of anilines is 1.